The van der Waals surface area contributed by atoms with Gasteiger partial charge in [-0.05, 0) is 68.4 Å². The van der Waals surface area contributed by atoms with Gasteiger partial charge in [0, 0.05) is 12.1 Å². The molecule has 1 aromatic heterocycles. The molecule has 3 aromatic rings. The van der Waals surface area contributed by atoms with Gasteiger partial charge >= 0.3 is 0 Å². The molecular weight excluding hydrogens is 450 g/mol. The Bertz CT molecular complexity index is 1210. The van der Waals surface area contributed by atoms with Crippen LogP contribution >= 0.6 is 0 Å². The highest BCUT2D eigenvalue weighted by Crippen LogP contribution is 2.41. The van der Waals surface area contributed by atoms with Crippen LogP contribution in [0.3, 0.4) is 0 Å². The number of amides is 1. The number of aromatic nitrogens is 2. The first-order chi connectivity index (χ1) is 17.6. The molecule has 36 heavy (non-hydrogen) atoms. The zero-order valence-corrected chi connectivity index (χ0v) is 21.9. The SMILES string of the molecule is COc1ccc(-c2nc3cc(C)ccc3n2C(C(=O)NC2CCCCC2)C2CCCCC2)c(OC)c1. The second kappa shape index (κ2) is 10.9. The average Bonchev–Trinajstić information content (AvgIpc) is 3.27. The number of carbonyl (C=O) groups excluding carboxylic acids is 1. The maximum absolute atomic E-state index is 14.1. The molecule has 0 aliphatic heterocycles. The predicted molar refractivity (Wildman–Crippen MR) is 144 cm³/mol. The molecule has 2 aliphatic rings. The largest absolute Gasteiger partial charge is 0.497 e. The molecule has 2 fully saturated rings. The van der Waals surface area contributed by atoms with Crippen molar-refractivity contribution in [1.82, 2.24) is 14.9 Å². The molecule has 0 spiro atoms. The number of imidazole rings is 1. The second-order valence-corrected chi connectivity index (χ2v) is 10.6. The first kappa shape index (κ1) is 24.7. The van der Waals surface area contributed by atoms with Crippen LogP contribution < -0.4 is 14.8 Å². The van der Waals surface area contributed by atoms with Gasteiger partial charge < -0.3 is 19.4 Å². The molecule has 1 atom stereocenters. The number of aryl methyl sites for hydroxylation is 1. The summed E-state index contributed by atoms with van der Waals surface area (Å²) < 4.78 is 13.5. The molecule has 1 heterocycles. The van der Waals surface area contributed by atoms with Crippen LogP contribution in [0.2, 0.25) is 0 Å². The highest BCUT2D eigenvalue weighted by molar-refractivity contribution is 5.88. The van der Waals surface area contributed by atoms with Crippen molar-refractivity contribution in [3.8, 4) is 22.9 Å². The van der Waals surface area contributed by atoms with Crippen LogP contribution in [0.5, 0.6) is 11.5 Å². The van der Waals surface area contributed by atoms with E-state index in [1.165, 1.54) is 38.5 Å². The van der Waals surface area contributed by atoms with Gasteiger partial charge in [0.15, 0.2) is 0 Å². The van der Waals surface area contributed by atoms with Crippen molar-refractivity contribution in [2.45, 2.75) is 83.2 Å². The van der Waals surface area contributed by atoms with Crippen molar-refractivity contribution >= 4 is 16.9 Å². The third-order valence-electron chi connectivity index (χ3n) is 8.09. The van der Waals surface area contributed by atoms with E-state index in [4.69, 9.17) is 14.5 Å². The van der Waals surface area contributed by atoms with Gasteiger partial charge in [-0.15, -0.1) is 0 Å². The number of carbonyl (C=O) groups is 1. The van der Waals surface area contributed by atoms with E-state index in [0.717, 1.165) is 59.4 Å². The van der Waals surface area contributed by atoms with Gasteiger partial charge in [0.1, 0.15) is 23.4 Å². The van der Waals surface area contributed by atoms with Crippen molar-refractivity contribution in [2.24, 2.45) is 5.92 Å². The Morgan fingerprint density at radius 1 is 0.944 bits per heavy atom. The lowest BCUT2D eigenvalue weighted by molar-refractivity contribution is -0.127. The van der Waals surface area contributed by atoms with Crippen LogP contribution in [-0.2, 0) is 4.79 Å². The Hall–Kier alpha value is -3.02. The molecular formula is C30H39N3O3. The van der Waals surface area contributed by atoms with Crippen LogP contribution in [0.25, 0.3) is 22.4 Å². The maximum Gasteiger partial charge on any atom is 0.243 e. The monoisotopic (exact) mass is 489 g/mol. The summed E-state index contributed by atoms with van der Waals surface area (Å²) in [4.78, 5) is 19.3. The molecule has 2 saturated carbocycles. The van der Waals surface area contributed by atoms with Gasteiger partial charge in [0.25, 0.3) is 0 Å². The van der Waals surface area contributed by atoms with Crippen molar-refractivity contribution in [2.75, 3.05) is 14.2 Å². The van der Waals surface area contributed by atoms with Crippen LogP contribution in [0.1, 0.15) is 75.8 Å². The maximum atomic E-state index is 14.1. The molecule has 2 aromatic carbocycles. The second-order valence-electron chi connectivity index (χ2n) is 10.6. The highest BCUT2D eigenvalue weighted by Gasteiger charge is 2.35. The Labute approximate surface area is 214 Å². The summed E-state index contributed by atoms with van der Waals surface area (Å²) in [6.45, 7) is 2.08. The van der Waals surface area contributed by atoms with Crippen molar-refractivity contribution in [3.05, 3.63) is 42.0 Å². The first-order valence-corrected chi connectivity index (χ1v) is 13.6. The normalized spacial score (nSPS) is 18.2. The summed E-state index contributed by atoms with van der Waals surface area (Å²) in [7, 11) is 3.32. The van der Waals surface area contributed by atoms with Crippen molar-refractivity contribution < 1.29 is 14.3 Å². The molecule has 192 valence electrons. The number of hydrogen-bond donors (Lipinski definition) is 1. The van der Waals surface area contributed by atoms with E-state index in [2.05, 4.69) is 35.0 Å². The number of benzene rings is 2. The molecule has 5 rings (SSSR count). The van der Waals surface area contributed by atoms with E-state index in [9.17, 15) is 4.79 Å². The number of ether oxygens (including phenoxy) is 2. The number of methoxy groups -OCH3 is 2. The lowest BCUT2D eigenvalue weighted by Crippen LogP contribution is -2.43. The summed E-state index contributed by atoms with van der Waals surface area (Å²) >= 11 is 0. The number of nitrogens with one attached hydrogen (secondary N) is 1. The van der Waals surface area contributed by atoms with Crippen molar-refractivity contribution in [1.29, 1.82) is 0 Å². The van der Waals surface area contributed by atoms with Gasteiger partial charge in [-0.3, -0.25) is 4.79 Å². The molecule has 0 radical (unpaired) electrons. The smallest absolute Gasteiger partial charge is 0.243 e. The van der Waals surface area contributed by atoms with E-state index < -0.39 is 0 Å². The lowest BCUT2D eigenvalue weighted by atomic mass is 9.82. The molecule has 2 aliphatic carbocycles. The van der Waals surface area contributed by atoms with Gasteiger partial charge in [-0.25, -0.2) is 4.98 Å². The average molecular weight is 490 g/mol. The van der Waals surface area contributed by atoms with Crippen LogP contribution in [-0.4, -0.2) is 35.7 Å². The van der Waals surface area contributed by atoms with Crippen LogP contribution in [0.4, 0.5) is 0 Å². The number of fused-ring (bicyclic) bond motifs is 1. The molecule has 6 heteroatoms. The van der Waals surface area contributed by atoms with Gasteiger partial charge in [0.05, 0.1) is 30.8 Å². The summed E-state index contributed by atoms with van der Waals surface area (Å²) in [5.41, 5.74) is 3.94. The first-order valence-electron chi connectivity index (χ1n) is 13.6. The zero-order chi connectivity index (χ0) is 25.1. The zero-order valence-electron chi connectivity index (χ0n) is 21.9. The minimum Gasteiger partial charge on any atom is -0.497 e. The van der Waals surface area contributed by atoms with Gasteiger partial charge in [-0.1, -0.05) is 44.6 Å². The van der Waals surface area contributed by atoms with Crippen LogP contribution in [0.15, 0.2) is 36.4 Å². The van der Waals surface area contributed by atoms with E-state index >= 15 is 0 Å². The standard InChI is InChI=1S/C30H39N3O3/c1-20-14-17-26-25(18-20)32-29(24-16-15-23(35-2)19-27(24)36-3)33(26)28(21-10-6-4-7-11-21)30(34)31-22-12-8-5-9-13-22/h14-19,21-22,28H,4-13H2,1-3H3,(H,31,34). The summed E-state index contributed by atoms with van der Waals surface area (Å²) in [5, 5.41) is 3.47. The lowest BCUT2D eigenvalue weighted by Gasteiger charge is -2.34. The number of hydrogen-bond acceptors (Lipinski definition) is 4. The number of rotatable bonds is 7. The van der Waals surface area contributed by atoms with E-state index in [0.29, 0.717) is 5.75 Å². The Morgan fingerprint density at radius 2 is 1.67 bits per heavy atom. The summed E-state index contributed by atoms with van der Waals surface area (Å²) in [5.74, 6) is 2.63. The topological polar surface area (TPSA) is 65.4 Å². The van der Waals surface area contributed by atoms with Gasteiger partial charge in [-0.2, -0.15) is 0 Å². The van der Waals surface area contributed by atoms with E-state index in [-0.39, 0.29) is 23.9 Å². The minimum absolute atomic E-state index is 0.141. The minimum atomic E-state index is -0.304. The fourth-order valence-electron chi connectivity index (χ4n) is 6.19. The Morgan fingerprint density at radius 3 is 2.36 bits per heavy atom. The third kappa shape index (κ3) is 4.95. The molecule has 0 saturated heterocycles. The van der Waals surface area contributed by atoms with Gasteiger partial charge in [0.2, 0.25) is 5.91 Å². The molecule has 1 N–H and O–H groups in total. The summed E-state index contributed by atoms with van der Waals surface area (Å²) in [6.07, 6.45) is 11.5. The fourth-order valence-corrected chi connectivity index (χ4v) is 6.19. The van der Waals surface area contributed by atoms with Crippen LogP contribution in [0, 0.1) is 12.8 Å². The van der Waals surface area contributed by atoms with E-state index in [1.54, 1.807) is 14.2 Å². The van der Waals surface area contributed by atoms with Crippen molar-refractivity contribution in [3.63, 3.8) is 0 Å². The molecule has 0 bridgehead atoms. The molecule has 6 nitrogen and oxygen atoms in total. The predicted octanol–water partition coefficient (Wildman–Crippen LogP) is 6.60. The quantitative estimate of drug-likeness (QED) is 0.406. The molecule has 1 amide bonds. The van der Waals surface area contributed by atoms with E-state index in [1.807, 2.05) is 18.2 Å². The Balaban J connectivity index is 1.67. The highest BCUT2D eigenvalue weighted by atomic mass is 16.5. The third-order valence-corrected chi connectivity index (χ3v) is 8.09. The summed E-state index contributed by atoms with van der Waals surface area (Å²) in [6, 6.07) is 12.1. The number of nitrogens with zero attached hydrogens (tertiary/aromatic N) is 2. The fraction of sp³-hybridized carbons (Fsp3) is 0.533. The Kier molecular flexibility index (Phi) is 7.49. The molecule has 1 unspecified atom stereocenters.